The van der Waals surface area contributed by atoms with Crippen molar-refractivity contribution in [2.24, 2.45) is 5.73 Å². The molecule has 0 aliphatic carbocycles. The van der Waals surface area contributed by atoms with E-state index in [1.54, 1.807) is 24.9 Å². The Balaban J connectivity index is 2.47. The number of hydrogen-bond acceptors (Lipinski definition) is 3. The van der Waals surface area contributed by atoms with Crippen LogP contribution in [0, 0.1) is 6.92 Å². The molecule has 1 heterocycles. The quantitative estimate of drug-likeness (QED) is 0.872. The predicted molar refractivity (Wildman–Crippen MR) is 58.3 cm³/mol. The van der Waals surface area contributed by atoms with Gasteiger partial charge in [0.05, 0.1) is 13.0 Å². The van der Waals surface area contributed by atoms with Gasteiger partial charge in [0.1, 0.15) is 11.5 Å². The number of alkyl halides is 3. The van der Waals surface area contributed by atoms with Crippen LogP contribution < -0.4 is 5.73 Å². The Morgan fingerprint density at radius 2 is 2.06 bits per heavy atom. The highest BCUT2D eigenvalue weighted by atomic mass is 19.4. The number of hydrogen-bond donors (Lipinski definition) is 1. The Hall–Kier alpha value is -1.01. The molecule has 0 atom stereocenters. The summed E-state index contributed by atoms with van der Waals surface area (Å²) in [5.41, 5.74) is 6.38. The van der Waals surface area contributed by atoms with Crippen LogP contribution >= 0.6 is 0 Å². The standard InChI is InChI=1S/C11H17F3N2O/c1-8-9(6-15)5-10(17-8)7-16(2)4-3-11(12,13)14/h5H,3-4,6-7,15H2,1-2H3. The lowest BCUT2D eigenvalue weighted by molar-refractivity contribution is -0.137. The van der Waals surface area contributed by atoms with E-state index in [-0.39, 0.29) is 6.54 Å². The molecule has 0 unspecified atom stereocenters. The summed E-state index contributed by atoms with van der Waals surface area (Å²) in [5.74, 6) is 1.37. The van der Waals surface area contributed by atoms with Crippen LogP contribution in [0.2, 0.25) is 0 Å². The maximum absolute atomic E-state index is 12.0. The van der Waals surface area contributed by atoms with Gasteiger partial charge in [-0.2, -0.15) is 13.2 Å². The van der Waals surface area contributed by atoms with Gasteiger partial charge in [-0.15, -0.1) is 0 Å². The molecular weight excluding hydrogens is 233 g/mol. The summed E-state index contributed by atoms with van der Waals surface area (Å²) in [7, 11) is 1.63. The Kier molecular flexibility index (Phi) is 4.59. The molecule has 1 aromatic heterocycles. The fraction of sp³-hybridized carbons (Fsp3) is 0.636. The molecule has 17 heavy (non-hydrogen) atoms. The second kappa shape index (κ2) is 5.55. The second-order valence-electron chi connectivity index (χ2n) is 4.10. The zero-order chi connectivity index (χ0) is 13.1. The van der Waals surface area contributed by atoms with Crippen molar-refractivity contribution < 1.29 is 17.6 Å². The van der Waals surface area contributed by atoms with Crippen molar-refractivity contribution in [2.45, 2.75) is 32.6 Å². The Morgan fingerprint density at radius 3 is 2.53 bits per heavy atom. The molecule has 0 fully saturated rings. The van der Waals surface area contributed by atoms with Crippen LogP contribution in [-0.4, -0.2) is 24.7 Å². The normalized spacial score (nSPS) is 12.4. The number of nitrogens with two attached hydrogens (primary N) is 1. The van der Waals surface area contributed by atoms with Gasteiger partial charge < -0.3 is 10.2 Å². The zero-order valence-corrected chi connectivity index (χ0v) is 9.97. The molecule has 98 valence electrons. The largest absolute Gasteiger partial charge is 0.465 e. The fourth-order valence-electron chi connectivity index (χ4n) is 1.53. The third-order valence-electron chi connectivity index (χ3n) is 2.49. The lowest BCUT2D eigenvalue weighted by atomic mass is 10.2. The first-order valence-electron chi connectivity index (χ1n) is 5.35. The Morgan fingerprint density at radius 1 is 1.41 bits per heavy atom. The average molecular weight is 250 g/mol. The van der Waals surface area contributed by atoms with Crippen LogP contribution in [0.1, 0.15) is 23.5 Å². The lowest BCUT2D eigenvalue weighted by Gasteiger charge is -2.16. The summed E-state index contributed by atoms with van der Waals surface area (Å²) >= 11 is 0. The number of furan rings is 1. The van der Waals surface area contributed by atoms with Crippen molar-refractivity contribution in [2.75, 3.05) is 13.6 Å². The Bertz CT molecular complexity index is 360. The van der Waals surface area contributed by atoms with Crippen LogP contribution in [0.4, 0.5) is 13.2 Å². The highest BCUT2D eigenvalue weighted by molar-refractivity contribution is 5.20. The summed E-state index contributed by atoms with van der Waals surface area (Å²) in [4.78, 5) is 1.58. The Labute approximate surface area is 98.4 Å². The van der Waals surface area contributed by atoms with E-state index < -0.39 is 12.6 Å². The first-order chi connectivity index (χ1) is 7.81. The van der Waals surface area contributed by atoms with E-state index in [0.717, 1.165) is 11.3 Å². The molecule has 0 aliphatic rings. The van der Waals surface area contributed by atoms with E-state index in [9.17, 15) is 13.2 Å². The van der Waals surface area contributed by atoms with Crippen molar-refractivity contribution in [3.05, 3.63) is 23.2 Å². The molecule has 0 amide bonds. The van der Waals surface area contributed by atoms with Gasteiger partial charge in [-0.25, -0.2) is 0 Å². The summed E-state index contributed by atoms with van der Waals surface area (Å²) < 4.78 is 41.4. The average Bonchev–Trinajstić information content (AvgIpc) is 2.55. The van der Waals surface area contributed by atoms with Crippen LogP contribution in [0.15, 0.2) is 10.5 Å². The fourth-order valence-corrected chi connectivity index (χ4v) is 1.53. The van der Waals surface area contributed by atoms with Gasteiger partial charge in [-0.1, -0.05) is 0 Å². The zero-order valence-electron chi connectivity index (χ0n) is 9.97. The molecule has 0 spiro atoms. The smallest absolute Gasteiger partial charge is 0.390 e. The van der Waals surface area contributed by atoms with Gasteiger partial charge in [0.15, 0.2) is 0 Å². The maximum Gasteiger partial charge on any atom is 0.390 e. The van der Waals surface area contributed by atoms with Gasteiger partial charge >= 0.3 is 6.18 Å². The molecule has 1 aromatic rings. The van der Waals surface area contributed by atoms with Crippen molar-refractivity contribution in [3.8, 4) is 0 Å². The minimum atomic E-state index is -4.12. The highest BCUT2D eigenvalue weighted by Crippen LogP contribution is 2.20. The van der Waals surface area contributed by atoms with Crippen LogP contribution in [-0.2, 0) is 13.1 Å². The lowest BCUT2D eigenvalue weighted by Crippen LogP contribution is -2.23. The molecule has 0 aliphatic heterocycles. The number of nitrogens with zero attached hydrogens (tertiary/aromatic N) is 1. The third kappa shape index (κ3) is 4.79. The topological polar surface area (TPSA) is 42.4 Å². The van der Waals surface area contributed by atoms with Crippen LogP contribution in [0.25, 0.3) is 0 Å². The minimum absolute atomic E-state index is 0.0405. The number of halogens is 3. The van der Waals surface area contributed by atoms with E-state index >= 15 is 0 Å². The molecule has 6 heteroatoms. The predicted octanol–water partition coefficient (Wildman–Crippen LogP) is 2.43. The first-order valence-corrected chi connectivity index (χ1v) is 5.35. The van der Waals surface area contributed by atoms with E-state index in [2.05, 4.69) is 0 Å². The van der Waals surface area contributed by atoms with Crippen molar-refractivity contribution in [1.82, 2.24) is 4.90 Å². The van der Waals surface area contributed by atoms with Crippen LogP contribution in [0.5, 0.6) is 0 Å². The SMILES string of the molecule is Cc1oc(CN(C)CCC(F)(F)F)cc1CN. The molecule has 0 bridgehead atoms. The highest BCUT2D eigenvalue weighted by Gasteiger charge is 2.27. The van der Waals surface area contributed by atoms with Crippen molar-refractivity contribution >= 4 is 0 Å². The van der Waals surface area contributed by atoms with E-state index in [1.807, 2.05) is 0 Å². The molecule has 2 N–H and O–H groups in total. The van der Waals surface area contributed by atoms with Crippen molar-refractivity contribution in [3.63, 3.8) is 0 Å². The van der Waals surface area contributed by atoms with Gasteiger partial charge in [0.25, 0.3) is 0 Å². The van der Waals surface area contributed by atoms with Gasteiger partial charge in [-0.3, -0.25) is 4.90 Å². The number of aryl methyl sites for hydroxylation is 1. The number of rotatable bonds is 5. The van der Waals surface area contributed by atoms with E-state index in [0.29, 0.717) is 18.8 Å². The monoisotopic (exact) mass is 250 g/mol. The van der Waals surface area contributed by atoms with E-state index in [4.69, 9.17) is 10.2 Å². The molecular formula is C11H17F3N2O. The molecule has 0 radical (unpaired) electrons. The maximum atomic E-state index is 12.0. The molecule has 3 nitrogen and oxygen atoms in total. The van der Waals surface area contributed by atoms with Gasteiger partial charge in [0.2, 0.25) is 0 Å². The molecule has 0 aromatic carbocycles. The molecule has 1 rings (SSSR count). The third-order valence-corrected chi connectivity index (χ3v) is 2.49. The molecule has 0 saturated heterocycles. The van der Waals surface area contributed by atoms with Crippen LogP contribution in [0.3, 0.4) is 0 Å². The summed E-state index contributed by atoms with van der Waals surface area (Å²) in [6.45, 7) is 2.49. The summed E-state index contributed by atoms with van der Waals surface area (Å²) in [5, 5.41) is 0. The van der Waals surface area contributed by atoms with Crippen molar-refractivity contribution in [1.29, 1.82) is 0 Å². The van der Waals surface area contributed by atoms with E-state index in [1.165, 1.54) is 0 Å². The first kappa shape index (κ1) is 14.1. The minimum Gasteiger partial charge on any atom is -0.465 e. The van der Waals surface area contributed by atoms with Gasteiger partial charge in [-0.05, 0) is 20.0 Å². The summed E-state index contributed by atoms with van der Waals surface area (Å²) in [6, 6.07) is 1.79. The summed E-state index contributed by atoms with van der Waals surface area (Å²) in [6.07, 6.45) is -4.93. The second-order valence-corrected chi connectivity index (χ2v) is 4.10. The van der Waals surface area contributed by atoms with Gasteiger partial charge in [0, 0.05) is 18.7 Å². The molecule has 0 saturated carbocycles.